The molecule has 0 fully saturated rings. The molecule has 1 aromatic carbocycles. The number of rotatable bonds is 7. The fourth-order valence-corrected chi connectivity index (χ4v) is 3.24. The summed E-state index contributed by atoms with van der Waals surface area (Å²) >= 11 is 1.52. The van der Waals surface area contributed by atoms with E-state index in [4.69, 9.17) is 0 Å². The van der Waals surface area contributed by atoms with Crippen LogP contribution in [0, 0.1) is 5.82 Å². The summed E-state index contributed by atoms with van der Waals surface area (Å²) in [5, 5.41) is 2.95. The average Bonchev–Trinajstić information content (AvgIpc) is 2.48. The lowest BCUT2D eigenvalue weighted by molar-refractivity contribution is -0.118. The maximum Gasteiger partial charge on any atom is 0.230 e. The Morgan fingerprint density at radius 3 is 3.00 bits per heavy atom. The number of nitrogens with one attached hydrogen (secondary N) is 1. The summed E-state index contributed by atoms with van der Waals surface area (Å²) in [6.45, 7) is 0.727. The molecule has 0 aromatic heterocycles. The van der Waals surface area contributed by atoms with E-state index in [0.717, 1.165) is 18.5 Å². The van der Waals surface area contributed by atoms with Gasteiger partial charge in [-0.2, -0.15) is 0 Å². The third-order valence-corrected chi connectivity index (χ3v) is 4.55. The number of hydrogen-bond acceptors (Lipinski definition) is 2. The summed E-state index contributed by atoms with van der Waals surface area (Å²) in [5.74, 6) is 0.928. The standard InChI is InChI=1S/C17H22FNOS/c18-16-8-4-7-15(11-16)12-21-13-17(20)19-10-9-14-5-2-1-3-6-14/h4-5,7-8,11H,1-3,6,9-10,12-13H2,(H,19,20). The van der Waals surface area contributed by atoms with Crippen LogP contribution in [-0.2, 0) is 10.5 Å². The number of amides is 1. The van der Waals surface area contributed by atoms with Crippen molar-refractivity contribution in [2.75, 3.05) is 12.3 Å². The minimum atomic E-state index is -0.224. The molecular weight excluding hydrogens is 285 g/mol. The first-order valence-electron chi connectivity index (χ1n) is 7.51. The van der Waals surface area contributed by atoms with Gasteiger partial charge in [-0.25, -0.2) is 4.39 Å². The van der Waals surface area contributed by atoms with Crippen molar-refractivity contribution in [1.82, 2.24) is 5.32 Å². The van der Waals surface area contributed by atoms with Crippen LogP contribution in [0.15, 0.2) is 35.9 Å². The van der Waals surface area contributed by atoms with Gasteiger partial charge in [0, 0.05) is 12.3 Å². The molecule has 0 bridgehead atoms. The van der Waals surface area contributed by atoms with Crippen molar-refractivity contribution in [3.63, 3.8) is 0 Å². The van der Waals surface area contributed by atoms with Gasteiger partial charge in [-0.05, 0) is 49.8 Å². The number of halogens is 1. The molecule has 0 heterocycles. The van der Waals surface area contributed by atoms with Crippen LogP contribution < -0.4 is 5.32 Å². The molecule has 1 aliphatic carbocycles. The van der Waals surface area contributed by atoms with Crippen molar-refractivity contribution in [2.24, 2.45) is 0 Å². The molecule has 2 rings (SSSR count). The smallest absolute Gasteiger partial charge is 0.230 e. The summed E-state index contributed by atoms with van der Waals surface area (Å²) in [5.41, 5.74) is 2.40. The largest absolute Gasteiger partial charge is 0.355 e. The second-order valence-electron chi connectivity index (χ2n) is 5.33. The lowest BCUT2D eigenvalue weighted by Gasteiger charge is -2.12. The maximum absolute atomic E-state index is 13.0. The van der Waals surface area contributed by atoms with Gasteiger partial charge in [0.05, 0.1) is 5.75 Å². The van der Waals surface area contributed by atoms with Gasteiger partial charge in [-0.15, -0.1) is 11.8 Å². The molecule has 4 heteroatoms. The van der Waals surface area contributed by atoms with Crippen LogP contribution in [0.3, 0.4) is 0 Å². The van der Waals surface area contributed by atoms with Crippen molar-refractivity contribution in [3.05, 3.63) is 47.3 Å². The molecular formula is C17H22FNOS. The van der Waals surface area contributed by atoms with Gasteiger partial charge in [0.1, 0.15) is 5.82 Å². The number of carbonyl (C=O) groups is 1. The fraction of sp³-hybridized carbons (Fsp3) is 0.471. The molecule has 0 saturated heterocycles. The molecule has 1 amide bonds. The highest BCUT2D eigenvalue weighted by atomic mass is 32.2. The quantitative estimate of drug-likeness (QED) is 0.770. The van der Waals surface area contributed by atoms with Crippen molar-refractivity contribution >= 4 is 17.7 Å². The Labute approximate surface area is 130 Å². The number of allylic oxidation sites excluding steroid dienone is 1. The van der Waals surface area contributed by atoms with E-state index in [9.17, 15) is 9.18 Å². The van der Waals surface area contributed by atoms with E-state index >= 15 is 0 Å². The predicted octanol–water partition coefficient (Wildman–Crippen LogP) is 4.07. The van der Waals surface area contributed by atoms with E-state index in [-0.39, 0.29) is 11.7 Å². The average molecular weight is 307 g/mol. The van der Waals surface area contributed by atoms with Crippen LogP contribution in [-0.4, -0.2) is 18.2 Å². The Hall–Kier alpha value is -1.29. The van der Waals surface area contributed by atoms with Crippen LogP contribution in [0.1, 0.15) is 37.7 Å². The van der Waals surface area contributed by atoms with E-state index in [2.05, 4.69) is 11.4 Å². The second kappa shape index (κ2) is 8.88. The van der Waals surface area contributed by atoms with Gasteiger partial charge in [-0.3, -0.25) is 4.79 Å². The first-order chi connectivity index (χ1) is 10.2. The van der Waals surface area contributed by atoms with Gasteiger partial charge in [0.25, 0.3) is 0 Å². The lowest BCUT2D eigenvalue weighted by Crippen LogP contribution is -2.26. The summed E-state index contributed by atoms with van der Waals surface area (Å²) in [4.78, 5) is 11.7. The Kier molecular flexibility index (Phi) is 6.80. The summed E-state index contributed by atoms with van der Waals surface area (Å²) in [6, 6.07) is 6.52. The second-order valence-corrected chi connectivity index (χ2v) is 6.32. The van der Waals surface area contributed by atoms with Crippen molar-refractivity contribution < 1.29 is 9.18 Å². The van der Waals surface area contributed by atoms with E-state index in [1.54, 1.807) is 6.07 Å². The van der Waals surface area contributed by atoms with Gasteiger partial charge >= 0.3 is 0 Å². The molecule has 21 heavy (non-hydrogen) atoms. The third-order valence-electron chi connectivity index (χ3n) is 3.54. The van der Waals surface area contributed by atoms with E-state index in [1.807, 2.05) is 6.07 Å². The van der Waals surface area contributed by atoms with Crippen LogP contribution in [0.5, 0.6) is 0 Å². The predicted molar refractivity (Wildman–Crippen MR) is 86.7 cm³/mol. The Bertz CT molecular complexity index is 501. The highest BCUT2D eigenvalue weighted by molar-refractivity contribution is 7.99. The van der Waals surface area contributed by atoms with E-state index < -0.39 is 0 Å². The van der Waals surface area contributed by atoms with E-state index in [1.165, 1.54) is 55.2 Å². The molecule has 0 radical (unpaired) electrons. The van der Waals surface area contributed by atoms with Crippen LogP contribution in [0.2, 0.25) is 0 Å². The molecule has 0 aliphatic heterocycles. The Morgan fingerprint density at radius 1 is 1.33 bits per heavy atom. The molecule has 1 N–H and O–H groups in total. The first-order valence-corrected chi connectivity index (χ1v) is 8.66. The zero-order valence-corrected chi connectivity index (χ0v) is 13.1. The number of carbonyl (C=O) groups excluding carboxylic acids is 1. The number of benzene rings is 1. The molecule has 1 aromatic rings. The summed E-state index contributed by atoms with van der Waals surface area (Å²) < 4.78 is 13.0. The van der Waals surface area contributed by atoms with Crippen molar-refractivity contribution in [3.8, 4) is 0 Å². The van der Waals surface area contributed by atoms with Crippen LogP contribution in [0.4, 0.5) is 4.39 Å². The zero-order valence-electron chi connectivity index (χ0n) is 12.2. The molecule has 0 spiro atoms. The SMILES string of the molecule is O=C(CSCc1cccc(F)c1)NCCC1=CCCCC1. The highest BCUT2D eigenvalue weighted by Crippen LogP contribution is 2.19. The first kappa shape index (κ1) is 16.1. The zero-order chi connectivity index (χ0) is 14.9. The molecule has 2 nitrogen and oxygen atoms in total. The normalized spacial score (nSPS) is 14.6. The number of hydrogen-bond donors (Lipinski definition) is 1. The Balaban J connectivity index is 1.58. The minimum Gasteiger partial charge on any atom is -0.355 e. The van der Waals surface area contributed by atoms with Crippen LogP contribution in [0.25, 0.3) is 0 Å². The monoisotopic (exact) mass is 307 g/mol. The molecule has 0 atom stereocenters. The topological polar surface area (TPSA) is 29.1 Å². The van der Waals surface area contributed by atoms with Gasteiger partial charge < -0.3 is 5.32 Å². The third kappa shape index (κ3) is 6.34. The summed E-state index contributed by atoms with van der Waals surface area (Å²) in [6.07, 6.45) is 8.24. The minimum absolute atomic E-state index is 0.0628. The number of thioether (sulfide) groups is 1. The Morgan fingerprint density at radius 2 is 2.24 bits per heavy atom. The van der Waals surface area contributed by atoms with Gasteiger partial charge in [0.2, 0.25) is 5.91 Å². The maximum atomic E-state index is 13.0. The highest BCUT2D eigenvalue weighted by Gasteiger charge is 2.05. The fourth-order valence-electron chi connectivity index (χ4n) is 2.43. The van der Waals surface area contributed by atoms with Crippen molar-refractivity contribution in [1.29, 1.82) is 0 Å². The van der Waals surface area contributed by atoms with Crippen LogP contribution >= 0.6 is 11.8 Å². The van der Waals surface area contributed by atoms with Crippen molar-refractivity contribution in [2.45, 2.75) is 37.9 Å². The lowest BCUT2D eigenvalue weighted by atomic mass is 9.97. The summed E-state index contributed by atoms with van der Waals surface area (Å²) in [7, 11) is 0. The molecule has 1 aliphatic rings. The van der Waals surface area contributed by atoms with Gasteiger partial charge in [-0.1, -0.05) is 23.8 Å². The van der Waals surface area contributed by atoms with E-state index in [0.29, 0.717) is 11.5 Å². The molecule has 0 saturated carbocycles. The van der Waals surface area contributed by atoms with Gasteiger partial charge in [0.15, 0.2) is 0 Å². The molecule has 0 unspecified atom stereocenters. The molecule has 114 valence electrons.